The summed E-state index contributed by atoms with van der Waals surface area (Å²) in [6, 6.07) is 11.1. The molecule has 0 saturated carbocycles. The van der Waals surface area contributed by atoms with Crippen LogP contribution < -0.4 is 5.73 Å². The monoisotopic (exact) mass is 310 g/mol. The Kier molecular flexibility index (Phi) is 2.64. The Morgan fingerprint density at radius 1 is 1.14 bits per heavy atom. The lowest BCUT2D eigenvalue weighted by molar-refractivity contribution is 0.255. The van der Waals surface area contributed by atoms with E-state index >= 15 is 0 Å². The summed E-state index contributed by atoms with van der Waals surface area (Å²) in [6.45, 7) is 0. The number of aromatic hydroxyl groups is 1. The maximum atomic E-state index is 10.8. The highest BCUT2D eigenvalue weighted by atomic mass is 32.1. The molecule has 0 bridgehead atoms. The van der Waals surface area contributed by atoms with Crippen molar-refractivity contribution in [2.75, 3.05) is 0 Å². The maximum Gasteiger partial charge on any atom is 0.356 e. The minimum Gasteiger partial charge on any atom is -0.493 e. The van der Waals surface area contributed by atoms with E-state index in [4.69, 9.17) is 5.73 Å². The fourth-order valence-electron chi connectivity index (χ4n) is 2.59. The van der Waals surface area contributed by atoms with Crippen molar-refractivity contribution in [3.63, 3.8) is 0 Å². The number of primary amides is 1. The van der Waals surface area contributed by atoms with Crippen molar-refractivity contribution in [1.82, 2.24) is 4.98 Å². The lowest BCUT2D eigenvalue weighted by Crippen LogP contribution is -2.01. The van der Waals surface area contributed by atoms with E-state index in [9.17, 15) is 9.90 Å². The van der Waals surface area contributed by atoms with Crippen LogP contribution in [-0.4, -0.2) is 16.1 Å². The molecule has 2 aromatic carbocycles. The number of aromatic amines is 1. The molecule has 0 aliphatic heterocycles. The van der Waals surface area contributed by atoms with E-state index in [1.165, 1.54) is 4.70 Å². The third-order valence-electron chi connectivity index (χ3n) is 3.50. The van der Waals surface area contributed by atoms with E-state index in [0.29, 0.717) is 5.39 Å². The number of carbonyl (C=O) groups excluding carboxylic acids is 1. The number of nitrogens with one attached hydrogen (secondary N) is 1. The maximum absolute atomic E-state index is 10.8. The minimum atomic E-state index is -0.907. The van der Waals surface area contributed by atoms with Crippen LogP contribution >= 0.6 is 11.3 Å². The second-order valence-electron chi connectivity index (χ2n) is 4.85. The largest absolute Gasteiger partial charge is 0.493 e. The summed E-state index contributed by atoms with van der Waals surface area (Å²) in [5.74, 6) is -0.137. The molecule has 0 fully saturated rings. The molecule has 0 aliphatic carbocycles. The first-order valence-corrected chi connectivity index (χ1v) is 7.32. The van der Waals surface area contributed by atoms with Gasteiger partial charge >= 0.3 is 6.03 Å². The number of aromatic nitrogens is 1. The van der Waals surface area contributed by atoms with Crippen molar-refractivity contribution in [3.8, 4) is 5.88 Å². The fraction of sp³-hybridized carbons (Fsp3) is 0. The van der Waals surface area contributed by atoms with Gasteiger partial charge in [-0.15, -0.1) is 16.5 Å². The fourth-order valence-corrected chi connectivity index (χ4v) is 3.71. The van der Waals surface area contributed by atoms with Crippen LogP contribution in [-0.2, 0) is 0 Å². The van der Waals surface area contributed by atoms with Gasteiger partial charge in [0.1, 0.15) is 0 Å². The highest BCUT2D eigenvalue weighted by Gasteiger charge is 2.14. The van der Waals surface area contributed by atoms with Crippen molar-refractivity contribution in [1.29, 1.82) is 0 Å². The summed E-state index contributed by atoms with van der Waals surface area (Å²) in [5.41, 5.74) is 5.91. The molecule has 2 heterocycles. The molecule has 0 atom stereocenters. The summed E-state index contributed by atoms with van der Waals surface area (Å²) in [6.07, 6.45) is 0. The Morgan fingerprint density at radius 2 is 1.95 bits per heavy atom. The van der Waals surface area contributed by atoms with Crippen LogP contribution in [0.15, 0.2) is 46.6 Å². The van der Waals surface area contributed by atoms with Crippen molar-refractivity contribution in [2.24, 2.45) is 16.0 Å². The number of nitrogens with zero attached hydrogens (tertiary/aromatic N) is 2. The van der Waals surface area contributed by atoms with Crippen LogP contribution in [0.2, 0.25) is 0 Å². The molecule has 4 N–H and O–H groups in total. The van der Waals surface area contributed by atoms with Crippen LogP contribution in [0.3, 0.4) is 0 Å². The molecule has 2 amide bonds. The number of azo groups is 1. The predicted octanol–water partition coefficient (Wildman–Crippen LogP) is 4.40. The van der Waals surface area contributed by atoms with Gasteiger partial charge in [-0.05, 0) is 18.2 Å². The van der Waals surface area contributed by atoms with Gasteiger partial charge in [-0.2, -0.15) is 0 Å². The number of amides is 2. The smallest absolute Gasteiger partial charge is 0.356 e. The van der Waals surface area contributed by atoms with E-state index < -0.39 is 6.03 Å². The number of hydrogen-bond donors (Lipinski definition) is 3. The van der Waals surface area contributed by atoms with Crippen molar-refractivity contribution in [2.45, 2.75) is 0 Å². The number of H-pyrrole nitrogens is 1. The number of urea groups is 1. The topological polar surface area (TPSA) is 104 Å². The first-order valence-electron chi connectivity index (χ1n) is 6.50. The van der Waals surface area contributed by atoms with Crippen LogP contribution in [0.1, 0.15) is 0 Å². The van der Waals surface area contributed by atoms with E-state index in [2.05, 4.69) is 27.3 Å². The number of rotatable bonds is 1. The first kappa shape index (κ1) is 12.8. The number of benzene rings is 2. The quantitative estimate of drug-likeness (QED) is 0.453. The summed E-state index contributed by atoms with van der Waals surface area (Å²) < 4.78 is 2.29. The zero-order chi connectivity index (χ0) is 15.3. The van der Waals surface area contributed by atoms with Gasteiger partial charge < -0.3 is 15.8 Å². The molecule has 6 nitrogen and oxygen atoms in total. The normalized spacial score (nSPS) is 12.0. The molecule has 0 radical (unpaired) electrons. The third-order valence-corrected chi connectivity index (χ3v) is 4.63. The summed E-state index contributed by atoms with van der Waals surface area (Å²) in [7, 11) is 0. The summed E-state index contributed by atoms with van der Waals surface area (Å²) in [4.78, 5) is 13.6. The van der Waals surface area contributed by atoms with Gasteiger partial charge in [0.2, 0.25) is 5.88 Å². The molecule has 4 aromatic rings. The average molecular weight is 310 g/mol. The summed E-state index contributed by atoms with van der Waals surface area (Å²) >= 11 is 1.68. The SMILES string of the molecule is NC(=O)N=Nc1c(O)[nH]c2cc3sc4ccccc4c3cc12. The van der Waals surface area contributed by atoms with Gasteiger partial charge in [0.05, 0.1) is 5.52 Å². The number of thiophene rings is 1. The van der Waals surface area contributed by atoms with E-state index in [0.717, 1.165) is 21.0 Å². The van der Waals surface area contributed by atoms with E-state index in [1.807, 2.05) is 24.3 Å². The number of carbonyl (C=O) groups is 1. The second-order valence-corrected chi connectivity index (χ2v) is 5.94. The van der Waals surface area contributed by atoms with Crippen molar-refractivity contribution < 1.29 is 9.90 Å². The third kappa shape index (κ3) is 1.83. The highest BCUT2D eigenvalue weighted by molar-refractivity contribution is 7.25. The second kappa shape index (κ2) is 4.54. The number of nitrogens with two attached hydrogens (primary N) is 1. The Balaban J connectivity index is 2.07. The average Bonchev–Trinajstić information content (AvgIpc) is 2.99. The van der Waals surface area contributed by atoms with Gasteiger partial charge in [-0.3, -0.25) is 0 Å². The zero-order valence-electron chi connectivity index (χ0n) is 11.2. The number of hydrogen-bond acceptors (Lipinski definition) is 4. The Morgan fingerprint density at radius 3 is 2.77 bits per heavy atom. The Hall–Kier alpha value is -2.93. The molecular formula is C15H10N4O2S. The lowest BCUT2D eigenvalue weighted by Gasteiger charge is -1.94. The van der Waals surface area contributed by atoms with Crippen molar-refractivity contribution >= 4 is 54.1 Å². The van der Waals surface area contributed by atoms with Crippen LogP contribution in [0, 0.1) is 0 Å². The van der Waals surface area contributed by atoms with Gasteiger partial charge in [0, 0.05) is 25.6 Å². The molecule has 0 aliphatic rings. The van der Waals surface area contributed by atoms with Gasteiger partial charge in [0.15, 0.2) is 5.69 Å². The standard InChI is InChI=1S/C15H10N4O2S/c16-15(21)19-18-13-9-5-8-7-3-1-2-4-11(7)22-12(8)6-10(9)17-14(13)20/h1-6,17,20H,(H2,16,21). The van der Waals surface area contributed by atoms with E-state index in [-0.39, 0.29) is 11.6 Å². The van der Waals surface area contributed by atoms with Gasteiger partial charge in [-0.1, -0.05) is 23.3 Å². The molecule has 2 aromatic heterocycles. The molecule has 0 saturated heterocycles. The highest BCUT2D eigenvalue weighted by Crippen LogP contribution is 2.41. The van der Waals surface area contributed by atoms with Crippen LogP contribution in [0.4, 0.5) is 10.5 Å². The van der Waals surface area contributed by atoms with Crippen LogP contribution in [0.5, 0.6) is 5.88 Å². The molecule has 22 heavy (non-hydrogen) atoms. The minimum absolute atomic E-state index is 0.137. The molecule has 108 valence electrons. The van der Waals surface area contributed by atoms with Crippen LogP contribution in [0.25, 0.3) is 31.1 Å². The lowest BCUT2D eigenvalue weighted by atomic mass is 10.1. The predicted molar refractivity (Wildman–Crippen MR) is 87.0 cm³/mol. The molecule has 0 unspecified atom stereocenters. The Bertz CT molecular complexity index is 1080. The van der Waals surface area contributed by atoms with Gasteiger partial charge in [0.25, 0.3) is 0 Å². The molecule has 7 heteroatoms. The molecule has 4 rings (SSSR count). The zero-order valence-corrected chi connectivity index (χ0v) is 12.0. The first-order chi connectivity index (χ1) is 10.6. The van der Waals surface area contributed by atoms with Gasteiger partial charge in [-0.25, -0.2) is 4.79 Å². The van der Waals surface area contributed by atoms with Crippen molar-refractivity contribution in [3.05, 3.63) is 36.4 Å². The Labute approximate surface area is 127 Å². The molecular weight excluding hydrogens is 300 g/mol. The van der Waals surface area contributed by atoms with E-state index in [1.54, 1.807) is 11.3 Å². The summed E-state index contributed by atoms with van der Waals surface area (Å²) in [5, 5.41) is 19.9. The molecule has 0 spiro atoms. The number of fused-ring (bicyclic) bond motifs is 4.